The molecule has 0 saturated carbocycles. The topological polar surface area (TPSA) is 80.0 Å². The molecule has 6 heteroatoms. The summed E-state index contributed by atoms with van der Waals surface area (Å²) in [6.07, 6.45) is 0. The first-order chi connectivity index (χ1) is 10.1. The van der Waals surface area contributed by atoms with Gasteiger partial charge in [0.25, 0.3) is 11.6 Å². The van der Waals surface area contributed by atoms with Crippen LogP contribution in [0.25, 0.3) is 11.1 Å². The Labute approximate surface area is 121 Å². The maximum atomic E-state index is 12.4. The van der Waals surface area contributed by atoms with Crippen LogP contribution in [0.1, 0.15) is 21.7 Å². The van der Waals surface area contributed by atoms with Gasteiger partial charge in [-0.15, -0.1) is 0 Å². The SMILES string of the molecule is Cc1cc(C(=O)NNc2ccccc2)c2c(C)noc2n1. The van der Waals surface area contributed by atoms with E-state index >= 15 is 0 Å². The molecule has 2 heterocycles. The number of pyridine rings is 1. The minimum Gasteiger partial charge on any atom is -0.336 e. The molecule has 0 atom stereocenters. The van der Waals surface area contributed by atoms with Crippen LogP contribution in [-0.4, -0.2) is 16.0 Å². The molecule has 21 heavy (non-hydrogen) atoms. The maximum absolute atomic E-state index is 12.4. The van der Waals surface area contributed by atoms with Gasteiger partial charge in [-0.25, -0.2) is 4.98 Å². The Bertz CT molecular complexity index is 796. The molecule has 0 saturated heterocycles. The first-order valence-electron chi connectivity index (χ1n) is 6.50. The lowest BCUT2D eigenvalue weighted by Gasteiger charge is -2.09. The highest BCUT2D eigenvalue weighted by Crippen LogP contribution is 2.21. The highest BCUT2D eigenvalue weighted by atomic mass is 16.5. The molecule has 3 rings (SSSR count). The van der Waals surface area contributed by atoms with Gasteiger partial charge in [-0.1, -0.05) is 23.4 Å². The Morgan fingerprint density at radius 1 is 1.19 bits per heavy atom. The number of anilines is 1. The Morgan fingerprint density at radius 3 is 2.71 bits per heavy atom. The van der Waals surface area contributed by atoms with E-state index in [2.05, 4.69) is 21.0 Å². The van der Waals surface area contributed by atoms with Gasteiger partial charge in [-0.2, -0.15) is 0 Å². The van der Waals surface area contributed by atoms with Crippen molar-refractivity contribution < 1.29 is 9.32 Å². The van der Waals surface area contributed by atoms with Crippen LogP contribution in [0.5, 0.6) is 0 Å². The average molecular weight is 282 g/mol. The molecule has 1 aromatic carbocycles. The van der Waals surface area contributed by atoms with Gasteiger partial charge in [0.1, 0.15) is 0 Å². The maximum Gasteiger partial charge on any atom is 0.270 e. The summed E-state index contributed by atoms with van der Waals surface area (Å²) in [6.45, 7) is 3.59. The minimum absolute atomic E-state index is 0.263. The van der Waals surface area contributed by atoms with Crippen LogP contribution in [0.3, 0.4) is 0 Å². The number of hydrogen-bond donors (Lipinski definition) is 2. The zero-order valence-corrected chi connectivity index (χ0v) is 11.7. The second kappa shape index (κ2) is 5.24. The third kappa shape index (κ3) is 2.55. The van der Waals surface area contributed by atoms with Crippen molar-refractivity contribution in [3.05, 3.63) is 53.3 Å². The van der Waals surface area contributed by atoms with Crippen LogP contribution in [-0.2, 0) is 0 Å². The summed E-state index contributed by atoms with van der Waals surface area (Å²) in [4.78, 5) is 16.6. The number of amides is 1. The Balaban J connectivity index is 1.89. The zero-order chi connectivity index (χ0) is 14.8. The molecule has 6 nitrogen and oxygen atoms in total. The summed E-state index contributed by atoms with van der Waals surface area (Å²) in [6, 6.07) is 11.1. The van der Waals surface area contributed by atoms with E-state index in [9.17, 15) is 4.79 Å². The summed E-state index contributed by atoms with van der Waals surface area (Å²) in [5.41, 5.74) is 8.53. The Hall–Kier alpha value is -2.89. The van der Waals surface area contributed by atoms with E-state index in [-0.39, 0.29) is 5.91 Å². The molecule has 0 aliphatic heterocycles. The largest absolute Gasteiger partial charge is 0.336 e. The van der Waals surface area contributed by atoms with Crippen LogP contribution in [0, 0.1) is 13.8 Å². The molecule has 0 aliphatic rings. The molecular weight excluding hydrogens is 268 g/mol. The normalized spacial score (nSPS) is 10.6. The number of benzene rings is 1. The first-order valence-corrected chi connectivity index (χ1v) is 6.50. The first kappa shape index (κ1) is 13.1. The van der Waals surface area contributed by atoms with Gasteiger partial charge < -0.3 is 4.52 Å². The van der Waals surface area contributed by atoms with Crippen molar-refractivity contribution in [3.8, 4) is 0 Å². The third-order valence-corrected chi connectivity index (χ3v) is 3.08. The summed E-state index contributed by atoms with van der Waals surface area (Å²) in [5.74, 6) is -0.263. The standard InChI is InChI=1S/C15H14N4O2/c1-9-8-12(13-10(2)19-21-15(13)16-9)14(20)18-17-11-6-4-3-5-7-11/h3-8,17H,1-2H3,(H,18,20). The predicted molar refractivity (Wildman–Crippen MR) is 78.8 cm³/mol. The second-order valence-corrected chi connectivity index (χ2v) is 4.70. The van der Waals surface area contributed by atoms with Crippen LogP contribution < -0.4 is 10.9 Å². The van der Waals surface area contributed by atoms with Gasteiger partial charge >= 0.3 is 0 Å². The number of rotatable bonds is 3. The fraction of sp³-hybridized carbons (Fsp3) is 0.133. The molecule has 0 radical (unpaired) electrons. The Morgan fingerprint density at radius 2 is 1.95 bits per heavy atom. The van der Waals surface area contributed by atoms with E-state index in [1.54, 1.807) is 19.9 Å². The number of aromatic nitrogens is 2. The van der Waals surface area contributed by atoms with Crippen molar-refractivity contribution in [2.24, 2.45) is 0 Å². The van der Waals surface area contributed by atoms with Crippen LogP contribution in [0.15, 0.2) is 40.9 Å². The summed E-state index contributed by atoms with van der Waals surface area (Å²) < 4.78 is 5.12. The van der Waals surface area contributed by atoms with Gasteiger partial charge in [0.05, 0.1) is 22.3 Å². The molecule has 0 aliphatic carbocycles. The van der Waals surface area contributed by atoms with E-state index in [4.69, 9.17) is 4.52 Å². The number of hydrogen-bond acceptors (Lipinski definition) is 5. The number of hydrazine groups is 1. The van der Waals surface area contributed by atoms with E-state index in [0.717, 1.165) is 5.69 Å². The van der Waals surface area contributed by atoms with Crippen molar-refractivity contribution >= 4 is 22.7 Å². The van der Waals surface area contributed by atoms with Gasteiger partial charge in [0.15, 0.2) is 0 Å². The number of para-hydroxylation sites is 1. The molecule has 3 aromatic rings. The van der Waals surface area contributed by atoms with Crippen molar-refractivity contribution in [2.45, 2.75) is 13.8 Å². The molecule has 2 aromatic heterocycles. The second-order valence-electron chi connectivity index (χ2n) is 4.70. The zero-order valence-electron chi connectivity index (χ0n) is 11.7. The van der Waals surface area contributed by atoms with E-state index < -0.39 is 0 Å². The van der Waals surface area contributed by atoms with Gasteiger partial charge in [0, 0.05) is 5.69 Å². The summed E-state index contributed by atoms with van der Waals surface area (Å²) in [7, 11) is 0. The molecule has 0 fully saturated rings. The van der Waals surface area contributed by atoms with E-state index in [1.807, 2.05) is 30.3 Å². The number of carbonyl (C=O) groups is 1. The van der Waals surface area contributed by atoms with E-state index in [1.165, 1.54) is 0 Å². The number of aryl methyl sites for hydroxylation is 2. The lowest BCUT2D eigenvalue weighted by atomic mass is 10.1. The molecular formula is C15H14N4O2. The van der Waals surface area contributed by atoms with Gasteiger partial charge in [-0.05, 0) is 32.0 Å². The molecule has 0 unspecified atom stereocenters. The fourth-order valence-electron chi connectivity index (χ4n) is 2.11. The predicted octanol–water partition coefficient (Wildman–Crippen LogP) is 2.60. The fourth-order valence-corrected chi connectivity index (χ4v) is 2.11. The molecule has 2 N–H and O–H groups in total. The van der Waals surface area contributed by atoms with E-state index in [0.29, 0.717) is 28.1 Å². The quantitative estimate of drug-likeness (QED) is 0.722. The molecule has 0 spiro atoms. The monoisotopic (exact) mass is 282 g/mol. The number of nitrogens with zero attached hydrogens (tertiary/aromatic N) is 2. The lowest BCUT2D eigenvalue weighted by molar-refractivity contribution is 0.0964. The number of carbonyl (C=O) groups excluding carboxylic acids is 1. The molecule has 1 amide bonds. The van der Waals surface area contributed by atoms with Crippen LogP contribution in [0.4, 0.5) is 5.69 Å². The van der Waals surface area contributed by atoms with Crippen molar-refractivity contribution in [2.75, 3.05) is 5.43 Å². The third-order valence-electron chi connectivity index (χ3n) is 3.08. The van der Waals surface area contributed by atoms with Crippen LogP contribution in [0.2, 0.25) is 0 Å². The summed E-state index contributed by atoms with van der Waals surface area (Å²) >= 11 is 0. The van der Waals surface area contributed by atoms with Crippen LogP contribution >= 0.6 is 0 Å². The summed E-state index contributed by atoms with van der Waals surface area (Å²) in [5, 5.41) is 4.49. The smallest absolute Gasteiger partial charge is 0.270 e. The van der Waals surface area contributed by atoms with Gasteiger partial charge in [-0.3, -0.25) is 15.6 Å². The van der Waals surface area contributed by atoms with Crippen molar-refractivity contribution in [1.29, 1.82) is 0 Å². The van der Waals surface area contributed by atoms with Crippen molar-refractivity contribution in [3.63, 3.8) is 0 Å². The molecule has 106 valence electrons. The lowest BCUT2D eigenvalue weighted by Crippen LogP contribution is -2.29. The highest BCUT2D eigenvalue weighted by molar-refractivity contribution is 6.06. The Kier molecular flexibility index (Phi) is 3.27. The number of fused-ring (bicyclic) bond motifs is 1. The van der Waals surface area contributed by atoms with Crippen molar-refractivity contribution in [1.82, 2.24) is 15.6 Å². The average Bonchev–Trinajstić information content (AvgIpc) is 2.86. The number of nitrogens with one attached hydrogen (secondary N) is 2. The molecule has 0 bridgehead atoms. The van der Waals surface area contributed by atoms with Gasteiger partial charge in [0.2, 0.25) is 0 Å². The highest BCUT2D eigenvalue weighted by Gasteiger charge is 2.17. The minimum atomic E-state index is -0.263.